The van der Waals surface area contributed by atoms with Gasteiger partial charge in [0.15, 0.2) is 5.82 Å². The minimum Gasteiger partial charge on any atom is -0.461 e. The normalized spacial score (nSPS) is 28.1. The lowest BCUT2D eigenvalue weighted by molar-refractivity contribution is -0.0580. The molecule has 0 saturated carbocycles. The molecule has 1 atom stereocenters. The van der Waals surface area contributed by atoms with Crippen LogP contribution in [0.15, 0.2) is 11.8 Å². The van der Waals surface area contributed by atoms with E-state index in [2.05, 4.69) is 30.8 Å². The summed E-state index contributed by atoms with van der Waals surface area (Å²) in [5.74, 6) is 1.76. The molecule has 2 aliphatic heterocycles. The van der Waals surface area contributed by atoms with E-state index in [1.165, 1.54) is 0 Å². The molecule has 13 heavy (non-hydrogen) atoms. The summed E-state index contributed by atoms with van der Waals surface area (Å²) in [5, 5.41) is 0. The van der Waals surface area contributed by atoms with Crippen molar-refractivity contribution in [1.29, 1.82) is 0 Å². The van der Waals surface area contributed by atoms with Gasteiger partial charge >= 0.3 is 5.95 Å². The molecule has 0 aromatic carbocycles. The number of hydrogen-bond acceptors (Lipinski definition) is 4. The molecule has 1 unspecified atom stereocenters. The molecule has 0 aromatic heterocycles. The highest BCUT2D eigenvalue weighted by Gasteiger charge is 2.30. The largest absolute Gasteiger partial charge is 0.461 e. The van der Waals surface area contributed by atoms with Crippen LogP contribution in [0.2, 0.25) is 0 Å². The highest BCUT2D eigenvalue weighted by atomic mass is 16.7. The Morgan fingerprint density at radius 2 is 2.08 bits per heavy atom. The first kappa shape index (κ1) is 8.53. The highest BCUT2D eigenvalue weighted by molar-refractivity contribution is 5.07. The highest BCUT2D eigenvalue weighted by Crippen LogP contribution is 2.25. The molecular weight excluding hydrogens is 168 g/mol. The summed E-state index contributed by atoms with van der Waals surface area (Å²) in [6, 6.07) is 0.419. The van der Waals surface area contributed by atoms with Gasteiger partial charge in [-0.15, -0.1) is 0 Å². The zero-order valence-electron chi connectivity index (χ0n) is 8.41. The Bertz CT molecular complexity index is 240. The van der Waals surface area contributed by atoms with Crippen molar-refractivity contribution in [3.63, 3.8) is 0 Å². The molecule has 0 amide bonds. The second kappa shape index (κ2) is 3.01. The van der Waals surface area contributed by atoms with Crippen molar-refractivity contribution in [2.75, 3.05) is 33.9 Å². The van der Waals surface area contributed by atoms with Crippen LogP contribution in [0.1, 0.15) is 6.92 Å². The monoisotopic (exact) mass is 184 g/mol. The standard InChI is InChI=1S/C9H16N2O2/c1-7-6-13-9-8(11(7)3)10(2)4-5-12-9/h7H,4-6H2,1-3H3. The Kier molecular flexibility index (Phi) is 1.98. The summed E-state index contributed by atoms with van der Waals surface area (Å²) < 4.78 is 11.0. The average Bonchev–Trinajstić information content (AvgIpc) is 2.12. The van der Waals surface area contributed by atoms with Crippen LogP contribution < -0.4 is 0 Å². The minimum absolute atomic E-state index is 0.419. The van der Waals surface area contributed by atoms with Crippen molar-refractivity contribution in [3.8, 4) is 0 Å². The summed E-state index contributed by atoms with van der Waals surface area (Å²) >= 11 is 0. The van der Waals surface area contributed by atoms with Gasteiger partial charge in [0, 0.05) is 14.1 Å². The first-order valence-electron chi connectivity index (χ1n) is 4.64. The third kappa shape index (κ3) is 1.30. The van der Waals surface area contributed by atoms with Gasteiger partial charge in [-0.1, -0.05) is 0 Å². The van der Waals surface area contributed by atoms with E-state index in [0.717, 1.165) is 19.0 Å². The van der Waals surface area contributed by atoms with Gasteiger partial charge in [-0.05, 0) is 6.92 Å². The van der Waals surface area contributed by atoms with Crippen LogP contribution in [0.3, 0.4) is 0 Å². The number of nitrogens with zero attached hydrogens (tertiary/aromatic N) is 2. The lowest BCUT2D eigenvalue weighted by Gasteiger charge is -2.41. The SMILES string of the molecule is CC1COC2=C(N(C)CCO2)N1C. The Morgan fingerprint density at radius 1 is 1.31 bits per heavy atom. The minimum atomic E-state index is 0.419. The van der Waals surface area contributed by atoms with Crippen LogP contribution >= 0.6 is 0 Å². The fourth-order valence-corrected chi connectivity index (χ4v) is 1.64. The van der Waals surface area contributed by atoms with Crippen molar-refractivity contribution >= 4 is 0 Å². The summed E-state index contributed by atoms with van der Waals surface area (Å²) in [6.45, 7) is 4.51. The third-order valence-corrected chi connectivity index (χ3v) is 2.65. The van der Waals surface area contributed by atoms with E-state index >= 15 is 0 Å². The lowest BCUT2D eigenvalue weighted by Crippen LogP contribution is -2.46. The van der Waals surface area contributed by atoms with Gasteiger partial charge in [0.25, 0.3) is 0 Å². The second-order valence-electron chi connectivity index (χ2n) is 3.65. The van der Waals surface area contributed by atoms with Gasteiger partial charge in [-0.3, -0.25) is 0 Å². The van der Waals surface area contributed by atoms with Crippen molar-refractivity contribution in [3.05, 3.63) is 11.8 Å². The number of rotatable bonds is 0. The molecule has 2 aliphatic rings. The summed E-state index contributed by atoms with van der Waals surface area (Å²) in [4.78, 5) is 4.38. The van der Waals surface area contributed by atoms with Crippen molar-refractivity contribution in [2.45, 2.75) is 13.0 Å². The van der Waals surface area contributed by atoms with E-state index in [1.54, 1.807) is 0 Å². The Labute approximate surface area is 78.7 Å². The maximum atomic E-state index is 5.51. The molecule has 0 bridgehead atoms. The topological polar surface area (TPSA) is 24.9 Å². The fourth-order valence-electron chi connectivity index (χ4n) is 1.64. The molecule has 0 spiro atoms. The third-order valence-electron chi connectivity index (χ3n) is 2.65. The Morgan fingerprint density at radius 3 is 2.85 bits per heavy atom. The number of likely N-dealkylation sites (N-methyl/N-ethyl adjacent to an activating group) is 2. The van der Waals surface area contributed by atoms with Crippen LogP contribution in [-0.4, -0.2) is 49.7 Å². The van der Waals surface area contributed by atoms with E-state index in [4.69, 9.17) is 9.47 Å². The number of ether oxygens (including phenoxy) is 2. The molecule has 0 N–H and O–H groups in total. The van der Waals surface area contributed by atoms with E-state index in [9.17, 15) is 0 Å². The first-order chi connectivity index (χ1) is 6.20. The molecule has 2 rings (SSSR count). The van der Waals surface area contributed by atoms with Gasteiger partial charge in [0.2, 0.25) is 0 Å². The smallest absolute Gasteiger partial charge is 0.322 e. The molecule has 0 aromatic rings. The maximum Gasteiger partial charge on any atom is 0.322 e. The van der Waals surface area contributed by atoms with Gasteiger partial charge in [-0.2, -0.15) is 0 Å². The zero-order valence-corrected chi connectivity index (χ0v) is 8.41. The van der Waals surface area contributed by atoms with E-state index < -0.39 is 0 Å². The fraction of sp³-hybridized carbons (Fsp3) is 0.778. The molecule has 0 saturated heterocycles. The van der Waals surface area contributed by atoms with Crippen LogP contribution in [0.25, 0.3) is 0 Å². The molecule has 74 valence electrons. The van der Waals surface area contributed by atoms with Crippen molar-refractivity contribution in [2.24, 2.45) is 0 Å². The van der Waals surface area contributed by atoms with Crippen LogP contribution in [0.4, 0.5) is 0 Å². The molecule has 4 nitrogen and oxygen atoms in total. The zero-order chi connectivity index (χ0) is 9.42. The second-order valence-corrected chi connectivity index (χ2v) is 3.65. The van der Waals surface area contributed by atoms with Gasteiger partial charge in [0.05, 0.1) is 12.6 Å². The van der Waals surface area contributed by atoms with Crippen LogP contribution in [0.5, 0.6) is 0 Å². The molecular formula is C9H16N2O2. The van der Waals surface area contributed by atoms with Crippen molar-refractivity contribution < 1.29 is 9.47 Å². The maximum absolute atomic E-state index is 5.51. The van der Waals surface area contributed by atoms with Gasteiger partial charge in [-0.25, -0.2) is 0 Å². The summed E-state index contributed by atoms with van der Waals surface area (Å²) in [7, 11) is 4.14. The van der Waals surface area contributed by atoms with Gasteiger partial charge in [0.1, 0.15) is 13.2 Å². The van der Waals surface area contributed by atoms with E-state index in [1.807, 2.05) is 0 Å². The van der Waals surface area contributed by atoms with E-state index in [-0.39, 0.29) is 0 Å². The molecule has 0 radical (unpaired) electrons. The Balaban J connectivity index is 2.29. The Hall–Kier alpha value is -1.06. The summed E-state index contributed by atoms with van der Waals surface area (Å²) in [6.07, 6.45) is 0. The predicted octanol–water partition coefficient (Wildman–Crippen LogP) is 0.425. The molecule has 4 heteroatoms. The first-order valence-corrected chi connectivity index (χ1v) is 4.64. The molecule has 0 aliphatic carbocycles. The van der Waals surface area contributed by atoms with Crippen molar-refractivity contribution in [1.82, 2.24) is 9.80 Å². The van der Waals surface area contributed by atoms with Crippen LogP contribution in [-0.2, 0) is 9.47 Å². The predicted molar refractivity (Wildman–Crippen MR) is 48.8 cm³/mol. The lowest BCUT2D eigenvalue weighted by atomic mass is 10.3. The van der Waals surface area contributed by atoms with Gasteiger partial charge < -0.3 is 19.3 Å². The average molecular weight is 184 g/mol. The number of hydrogen-bond donors (Lipinski definition) is 0. The summed E-state index contributed by atoms with van der Waals surface area (Å²) in [5.41, 5.74) is 0. The quantitative estimate of drug-likeness (QED) is 0.545. The van der Waals surface area contributed by atoms with E-state index in [0.29, 0.717) is 18.6 Å². The molecule has 2 heterocycles. The molecule has 0 fully saturated rings. The van der Waals surface area contributed by atoms with Crippen LogP contribution in [0, 0.1) is 0 Å².